The Bertz CT molecular complexity index is 478. The van der Waals surface area contributed by atoms with Crippen molar-refractivity contribution in [3.8, 4) is 5.75 Å². The van der Waals surface area contributed by atoms with Crippen molar-refractivity contribution >= 4 is 5.91 Å². The maximum Gasteiger partial charge on any atom is 0.234 e. The number of amides is 1. The van der Waals surface area contributed by atoms with Crippen molar-refractivity contribution in [1.82, 2.24) is 10.2 Å². The second-order valence-electron chi connectivity index (χ2n) is 5.56. The fraction of sp³-hybridized carbons (Fsp3) is 0.562. The van der Waals surface area contributed by atoms with Crippen molar-refractivity contribution in [2.24, 2.45) is 0 Å². The minimum Gasteiger partial charge on any atom is -0.497 e. The van der Waals surface area contributed by atoms with E-state index in [1.165, 1.54) is 0 Å². The molecule has 1 heterocycles. The van der Waals surface area contributed by atoms with Gasteiger partial charge in [0.2, 0.25) is 5.91 Å². The van der Waals surface area contributed by atoms with Crippen LogP contribution in [0.25, 0.3) is 0 Å². The van der Waals surface area contributed by atoms with Gasteiger partial charge in [0.05, 0.1) is 19.8 Å². The van der Waals surface area contributed by atoms with Crippen LogP contribution in [0.1, 0.15) is 31.4 Å². The van der Waals surface area contributed by atoms with Gasteiger partial charge in [-0.15, -0.1) is 0 Å². The third-order valence-electron chi connectivity index (χ3n) is 4.01. The van der Waals surface area contributed by atoms with Gasteiger partial charge in [-0.25, -0.2) is 0 Å². The van der Waals surface area contributed by atoms with Crippen molar-refractivity contribution in [2.75, 3.05) is 26.7 Å². The van der Waals surface area contributed by atoms with Crippen molar-refractivity contribution in [2.45, 2.75) is 31.9 Å². The van der Waals surface area contributed by atoms with E-state index in [1.54, 1.807) is 13.2 Å². The summed E-state index contributed by atoms with van der Waals surface area (Å²) in [4.78, 5) is 14.1. The standard InChI is InChI=1S/C16H24N2O3/c1-12-5-4-8-18(12)11-16(20)17-10-15(19)13-6-3-7-14(9-13)21-2/h3,6-7,9,12,15,19H,4-5,8,10-11H2,1-2H3,(H,17,20). The molecule has 21 heavy (non-hydrogen) atoms. The number of benzene rings is 1. The summed E-state index contributed by atoms with van der Waals surface area (Å²) >= 11 is 0. The van der Waals surface area contributed by atoms with Crippen LogP contribution in [0.5, 0.6) is 5.75 Å². The predicted molar refractivity (Wildman–Crippen MR) is 81.2 cm³/mol. The summed E-state index contributed by atoms with van der Waals surface area (Å²) in [6, 6.07) is 7.72. The first kappa shape index (κ1) is 15.8. The Labute approximate surface area is 125 Å². The molecule has 2 rings (SSSR count). The second kappa shape index (κ2) is 7.43. The van der Waals surface area contributed by atoms with Crippen LogP contribution in [0.15, 0.2) is 24.3 Å². The van der Waals surface area contributed by atoms with Gasteiger partial charge in [0.15, 0.2) is 0 Å². The Hall–Kier alpha value is -1.59. The van der Waals surface area contributed by atoms with E-state index >= 15 is 0 Å². The van der Waals surface area contributed by atoms with Crippen molar-refractivity contribution in [3.05, 3.63) is 29.8 Å². The number of hydrogen-bond donors (Lipinski definition) is 2. The lowest BCUT2D eigenvalue weighted by Crippen LogP contribution is -2.40. The van der Waals surface area contributed by atoms with Crippen LogP contribution < -0.4 is 10.1 Å². The second-order valence-corrected chi connectivity index (χ2v) is 5.56. The predicted octanol–water partition coefficient (Wildman–Crippen LogP) is 1.33. The highest BCUT2D eigenvalue weighted by molar-refractivity contribution is 5.78. The van der Waals surface area contributed by atoms with Gasteiger partial charge in [0, 0.05) is 12.6 Å². The molecule has 0 spiro atoms. The highest BCUT2D eigenvalue weighted by atomic mass is 16.5. The first-order valence-corrected chi connectivity index (χ1v) is 7.43. The molecule has 0 aliphatic carbocycles. The van der Waals surface area contributed by atoms with Crippen molar-refractivity contribution in [3.63, 3.8) is 0 Å². The van der Waals surface area contributed by atoms with E-state index in [1.807, 2.05) is 18.2 Å². The average Bonchev–Trinajstić information content (AvgIpc) is 2.90. The molecule has 1 aliphatic rings. The number of carbonyl (C=O) groups is 1. The average molecular weight is 292 g/mol. The van der Waals surface area contributed by atoms with E-state index in [0.29, 0.717) is 18.3 Å². The quantitative estimate of drug-likeness (QED) is 0.830. The molecule has 1 aromatic rings. The first-order valence-electron chi connectivity index (χ1n) is 7.43. The molecule has 5 heteroatoms. The molecule has 0 aromatic heterocycles. The number of aliphatic hydroxyl groups is 1. The molecule has 2 atom stereocenters. The van der Waals surface area contributed by atoms with Gasteiger partial charge in [0.25, 0.3) is 0 Å². The first-order chi connectivity index (χ1) is 10.1. The molecular formula is C16H24N2O3. The molecular weight excluding hydrogens is 268 g/mol. The van der Waals surface area contributed by atoms with Crippen molar-refractivity contribution < 1.29 is 14.6 Å². The van der Waals surface area contributed by atoms with Gasteiger partial charge in [0.1, 0.15) is 5.75 Å². The molecule has 1 aromatic carbocycles. The minimum absolute atomic E-state index is 0.0364. The molecule has 0 bridgehead atoms. The minimum atomic E-state index is -0.722. The van der Waals surface area contributed by atoms with Crippen molar-refractivity contribution in [1.29, 1.82) is 0 Å². The highest BCUT2D eigenvalue weighted by Crippen LogP contribution is 2.18. The maximum atomic E-state index is 11.9. The smallest absolute Gasteiger partial charge is 0.234 e. The van der Waals surface area contributed by atoms with E-state index in [9.17, 15) is 9.90 Å². The van der Waals surface area contributed by atoms with E-state index in [2.05, 4.69) is 17.1 Å². The zero-order chi connectivity index (χ0) is 15.2. The summed E-state index contributed by atoms with van der Waals surface area (Å²) < 4.78 is 5.13. The fourth-order valence-electron chi connectivity index (χ4n) is 2.65. The topological polar surface area (TPSA) is 61.8 Å². The van der Waals surface area contributed by atoms with Gasteiger partial charge in [-0.05, 0) is 44.0 Å². The summed E-state index contributed by atoms with van der Waals surface area (Å²) in [5.74, 6) is 0.662. The summed E-state index contributed by atoms with van der Waals surface area (Å²) in [7, 11) is 1.59. The van der Waals surface area contributed by atoms with Crippen LogP contribution in [-0.2, 0) is 4.79 Å². The Morgan fingerprint density at radius 1 is 1.57 bits per heavy atom. The van der Waals surface area contributed by atoms with Gasteiger partial charge < -0.3 is 15.2 Å². The highest BCUT2D eigenvalue weighted by Gasteiger charge is 2.22. The fourth-order valence-corrected chi connectivity index (χ4v) is 2.65. The van der Waals surface area contributed by atoms with Gasteiger partial charge in [-0.2, -0.15) is 0 Å². The number of nitrogens with zero attached hydrogens (tertiary/aromatic N) is 1. The lowest BCUT2D eigenvalue weighted by molar-refractivity contribution is -0.122. The number of hydrogen-bond acceptors (Lipinski definition) is 4. The summed E-state index contributed by atoms with van der Waals surface area (Å²) in [6.07, 6.45) is 1.58. The lowest BCUT2D eigenvalue weighted by Gasteiger charge is -2.20. The zero-order valence-electron chi connectivity index (χ0n) is 12.7. The molecule has 2 unspecified atom stereocenters. The Kier molecular flexibility index (Phi) is 5.59. The molecule has 2 N–H and O–H groups in total. The number of methoxy groups -OCH3 is 1. The number of carbonyl (C=O) groups excluding carboxylic acids is 1. The largest absolute Gasteiger partial charge is 0.497 e. The molecule has 0 radical (unpaired) electrons. The van der Waals surface area contributed by atoms with Crippen LogP contribution >= 0.6 is 0 Å². The van der Waals surface area contributed by atoms with E-state index in [-0.39, 0.29) is 12.5 Å². The monoisotopic (exact) mass is 292 g/mol. The molecule has 116 valence electrons. The number of ether oxygens (including phenoxy) is 1. The molecule has 0 saturated carbocycles. The zero-order valence-corrected chi connectivity index (χ0v) is 12.7. The molecule has 1 fully saturated rings. The van der Waals surface area contributed by atoms with Gasteiger partial charge >= 0.3 is 0 Å². The summed E-state index contributed by atoms with van der Waals surface area (Å²) in [6.45, 7) is 3.75. The van der Waals surface area contributed by atoms with E-state index in [0.717, 1.165) is 24.9 Å². The number of rotatable bonds is 6. The SMILES string of the molecule is COc1cccc(C(O)CNC(=O)CN2CCCC2C)c1. The Morgan fingerprint density at radius 2 is 2.38 bits per heavy atom. The summed E-state index contributed by atoms with van der Waals surface area (Å²) in [5.41, 5.74) is 0.740. The van der Waals surface area contributed by atoms with Gasteiger partial charge in [-0.1, -0.05) is 12.1 Å². The Morgan fingerprint density at radius 3 is 3.05 bits per heavy atom. The molecule has 1 saturated heterocycles. The van der Waals surface area contributed by atoms with Crippen LogP contribution in [0.2, 0.25) is 0 Å². The molecule has 1 amide bonds. The number of likely N-dealkylation sites (tertiary alicyclic amines) is 1. The lowest BCUT2D eigenvalue weighted by atomic mass is 10.1. The van der Waals surface area contributed by atoms with Gasteiger partial charge in [-0.3, -0.25) is 9.69 Å². The normalized spacial score (nSPS) is 20.2. The van der Waals surface area contributed by atoms with Crippen LogP contribution in [0.3, 0.4) is 0 Å². The third kappa shape index (κ3) is 4.44. The molecule has 5 nitrogen and oxygen atoms in total. The van der Waals surface area contributed by atoms with Crippen LogP contribution in [0.4, 0.5) is 0 Å². The van der Waals surface area contributed by atoms with E-state index in [4.69, 9.17) is 4.74 Å². The van der Waals surface area contributed by atoms with Crippen LogP contribution in [-0.4, -0.2) is 48.7 Å². The summed E-state index contributed by atoms with van der Waals surface area (Å²) in [5, 5.41) is 12.9. The number of aliphatic hydroxyl groups excluding tert-OH is 1. The Balaban J connectivity index is 1.80. The van der Waals surface area contributed by atoms with Crippen LogP contribution in [0, 0.1) is 0 Å². The van der Waals surface area contributed by atoms with E-state index < -0.39 is 6.10 Å². The third-order valence-corrected chi connectivity index (χ3v) is 4.01. The number of nitrogens with one attached hydrogen (secondary N) is 1. The maximum absolute atomic E-state index is 11.9. The molecule has 1 aliphatic heterocycles.